The summed E-state index contributed by atoms with van der Waals surface area (Å²) in [4.78, 5) is 29.1. The average molecular weight is 400 g/mol. The smallest absolute Gasteiger partial charge is 0.350 e. The molecule has 3 rings (SSSR count). The summed E-state index contributed by atoms with van der Waals surface area (Å²) in [6.45, 7) is 1.68. The second kappa shape index (κ2) is 9.09. The number of nitrogens with one attached hydrogen (secondary N) is 1. The topological polar surface area (TPSA) is 77.5 Å². The molecule has 1 aromatic heterocycles. The van der Waals surface area contributed by atoms with E-state index in [1.165, 1.54) is 24.3 Å². The van der Waals surface area contributed by atoms with Crippen LogP contribution in [0.5, 0.6) is 5.75 Å². The maximum atomic E-state index is 12.9. The van der Waals surface area contributed by atoms with Crippen LogP contribution in [0.2, 0.25) is 0 Å². The largest absolute Gasteiger partial charge is 0.484 e. The Balaban J connectivity index is 1.73. The molecule has 1 N–H and O–H groups in total. The van der Waals surface area contributed by atoms with Crippen molar-refractivity contribution in [2.75, 3.05) is 18.5 Å². The maximum absolute atomic E-state index is 12.9. The number of esters is 1. The zero-order chi connectivity index (χ0) is 19.9. The fraction of sp³-hybridized carbons (Fsp3) is 0.150. The number of aromatic nitrogens is 1. The molecule has 3 aromatic rings. The van der Waals surface area contributed by atoms with Gasteiger partial charge < -0.3 is 9.47 Å². The summed E-state index contributed by atoms with van der Waals surface area (Å²) in [7, 11) is 0. The Bertz CT molecular complexity index is 958. The van der Waals surface area contributed by atoms with Crippen LogP contribution in [0.25, 0.3) is 11.3 Å². The highest BCUT2D eigenvalue weighted by Gasteiger charge is 2.21. The molecule has 0 fully saturated rings. The Morgan fingerprint density at radius 2 is 1.82 bits per heavy atom. The number of hydrogen-bond donors (Lipinski definition) is 1. The van der Waals surface area contributed by atoms with Gasteiger partial charge in [0.2, 0.25) is 0 Å². The first-order valence-corrected chi connectivity index (χ1v) is 9.30. The Morgan fingerprint density at radius 1 is 1.11 bits per heavy atom. The molecule has 1 heterocycles. The van der Waals surface area contributed by atoms with Crippen molar-refractivity contribution in [1.29, 1.82) is 0 Å². The molecule has 144 valence electrons. The molecular formula is C20H17FN2O4S. The SMILES string of the molecule is CCOC(=O)c1sc(NC(=O)COc2ccc(F)cc2)nc1-c1ccccc1. The van der Waals surface area contributed by atoms with Crippen molar-refractivity contribution in [2.45, 2.75) is 6.92 Å². The van der Waals surface area contributed by atoms with Crippen molar-refractivity contribution in [3.63, 3.8) is 0 Å². The Labute approximate surface area is 164 Å². The fourth-order valence-electron chi connectivity index (χ4n) is 2.34. The highest BCUT2D eigenvalue weighted by molar-refractivity contribution is 7.18. The number of benzene rings is 2. The molecule has 0 saturated heterocycles. The van der Waals surface area contributed by atoms with Crippen molar-refractivity contribution in [3.05, 3.63) is 65.3 Å². The highest BCUT2D eigenvalue weighted by Crippen LogP contribution is 2.31. The first-order valence-electron chi connectivity index (χ1n) is 8.48. The molecule has 0 atom stereocenters. The highest BCUT2D eigenvalue weighted by atomic mass is 32.1. The molecule has 0 bridgehead atoms. The van der Waals surface area contributed by atoms with Crippen molar-refractivity contribution in [2.24, 2.45) is 0 Å². The number of anilines is 1. The first-order chi connectivity index (χ1) is 13.6. The molecule has 2 aromatic carbocycles. The van der Waals surface area contributed by atoms with Crippen LogP contribution in [0.4, 0.5) is 9.52 Å². The van der Waals surface area contributed by atoms with E-state index in [4.69, 9.17) is 9.47 Å². The predicted molar refractivity (Wildman–Crippen MR) is 104 cm³/mol. The van der Waals surface area contributed by atoms with E-state index in [2.05, 4.69) is 10.3 Å². The van der Waals surface area contributed by atoms with Crippen molar-refractivity contribution >= 4 is 28.3 Å². The summed E-state index contributed by atoms with van der Waals surface area (Å²) in [6, 6.07) is 14.5. The molecule has 6 nitrogen and oxygen atoms in total. The van der Waals surface area contributed by atoms with Gasteiger partial charge in [-0.2, -0.15) is 0 Å². The van der Waals surface area contributed by atoms with Crippen LogP contribution in [-0.2, 0) is 9.53 Å². The third kappa shape index (κ3) is 4.92. The monoisotopic (exact) mass is 400 g/mol. The minimum absolute atomic E-state index is 0.234. The Kier molecular flexibility index (Phi) is 6.33. The van der Waals surface area contributed by atoms with Gasteiger partial charge in [0.1, 0.15) is 16.4 Å². The van der Waals surface area contributed by atoms with Gasteiger partial charge in [-0.05, 0) is 31.2 Å². The summed E-state index contributed by atoms with van der Waals surface area (Å²) >= 11 is 1.03. The lowest BCUT2D eigenvalue weighted by Crippen LogP contribution is -2.20. The molecular weight excluding hydrogens is 383 g/mol. The van der Waals surface area contributed by atoms with Crippen LogP contribution in [0.1, 0.15) is 16.6 Å². The zero-order valence-electron chi connectivity index (χ0n) is 15.0. The summed E-state index contributed by atoms with van der Waals surface area (Å²) in [5.41, 5.74) is 1.18. The van der Waals surface area contributed by atoms with Crippen LogP contribution >= 0.6 is 11.3 Å². The third-order valence-electron chi connectivity index (χ3n) is 3.57. The summed E-state index contributed by atoms with van der Waals surface area (Å²) in [5.74, 6) is -0.970. The lowest BCUT2D eigenvalue weighted by atomic mass is 10.1. The maximum Gasteiger partial charge on any atom is 0.350 e. The van der Waals surface area contributed by atoms with E-state index in [0.717, 1.165) is 16.9 Å². The fourth-order valence-corrected chi connectivity index (χ4v) is 3.23. The molecule has 1 amide bonds. The van der Waals surface area contributed by atoms with E-state index in [9.17, 15) is 14.0 Å². The van der Waals surface area contributed by atoms with E-state index in [1.54, 1.807) is 6.92 Å². The average Bonchev–Trinajstić information content (AvgIpc) is 3.12. The molecule has 0 unspecified atom stereocenters. The second-order valence-electron chi connectivity index (χ2n) is 5.57. The number of ether oxygens (including phenoxy) is 2. The van der Waals surface area contributed by atoms with Gasteiger partial charge in [0.05, 0.1) is 12.3 Å². The predicted octanol–water partition coefficient (Wildman–Crippen LogP) is 4.14. The standard InChI is InChI=1S/C20H17FN2O4S/c1-2-26-19(25)18-17(13-6-4-3-5-7-13)23-20(28-18)22-16(24)12-27-15-10-8-14(21)9-11-15/h3-11H,2,12H2,1H3,(H,22,23,24). The minimum Gasteiger partial charge on any atom is -0.484 e. The van der Waals surface area contributed by atoms with Gasteiger partial charge in [-0.25, -0.2) is 14.2 Å². The number of carbonyl (C=O) groups is 2. The van der Waals surface area contributed by atoms with E-state index in [-0.39, 0.29) is 24.2 Å². The van der Waals surface area contributed by atoms with Crippen molar-refractivity contribution in [3.8, 4) is 17.0 Å². The summed E-state index contributed by atoms with van der Waals surface area (Å²) in [5, 5.41) is 2.87. The van der Waals surface area contributed by atoms with E-state index in [1.807, 2.05) is 30.3 Å². The third-order valence-corrected chi connectivity index (χ3v) is 4.52. The number of halogens is 1. The number of nitrogens with zero attached hydrogens (tertiary/aromatic N) is 1. The number of hydrogen-bond acceptors (Lipinski definition) is 6. The van der Waals surface area contributed by atoms with Gasteiger partial charge >= 0.3 is 5.97 Å². The lowest BCUT2D eigenvalue weighted by molar-refractivity contribution is -0.118. The molecule has 0 spiro atoms. The normalized spacial score (nSPS) is 10.4. The molecule has 0 aliphatic heterocycles. The Hall–Kier alpha value is -3.26. The summed E-state index contributed by atoms with van der Waals surface area (Å²) < 4.78 is 23.3. The summed E-state index contributed by atoms with van der Waals surface area (Å²) in [6.07, 6.45) is 0. The van der Waals surface area contributed by atoms with Crippen molar-refractivity contribution in [1.82, 2.24) is 4.98 Å². The van der Waals surface area contributed by atoms with E-state index >= 15 is 0 Å². The number of carbonyl (C=O) groups excluding carboxylic acids is 2. The van der Waals surface area contributed by atoms with E-state index < -0.39 is 11.9 Å². The van der Waals surface area contributed by atoms with E-state index in [0.29, 0.717) is 16.3 Å². The van der Waals surface area contributed by atoms with Gasteiger partial charge in [0, 0.05) is 5.56 Å². The minimum atomic E-state index is -0.498. The number of thiazole rings is 1. The van der Waals surface area contributed by atoms with Crippen LogP contribution in [-0.4, -0.2) is 30.1 Å². The van der Waals surface area contributed by atoms with Gasteiger partial charge in [-0.3, -0.25) is 10.1 Å². The van der Waals surface area contributed by atoms with Gasteiger partial charge in [0.25, 0.3) is 5.91 Å². The van der Waals surface area contributed by atoms with Gasteiger partial charge in [-0.15, -0.1) is 0 Å². The van der Waals surface area contributed by atoms with Crippen LogP contribution in [0.15, 0.2) is 54.6 Å². The van der Waals surface area contributed by atoms with Crippen LogP contribution in [0, 0.1) is 5.82 Å². The number of rotatable bonds is 7. The zero-order valence-corrected chi connectivity index (χ0v) is 15.8. The van der Waals surface area contributed by atoms with Crippen LogP contribution in [0.3, 0.4) is 0 Å². The quantitative estimate of drug-likeness (QED) is 0.603. The molecule has 28 heavy (non-hydrogen) atoms. The molecule has 0 saturated carbocycles. The van der Waals surface area contributed by atoms with Crippen molar-refractivity contribution < 1.29 is 23.5 Å². The second-order valence-corrected chi connectivity index (χ2v) is 6.57. The lowest BCUT2D eigenvalue weighted by Gasteiger charge is -2.05. The molecule has 0 aliphatic carbocycles. The first kappa shape index (κ1) is 19.5. The molecule has 8 heteroatoms. The van der Waals surface area contributed by atoms with Crippen LogP contribution < -0.4 is 10.1 Å². The van der Waals surface area contributed by atoms with Gasteiger partial charge in [0.15, 0.2) is 11.7 Å². The van der Waals surface area contributed by atoms with Gasteiger partial charge in [-0.1, -0.05) is 41.7 Å². The molecule has 0 aliphatic rings. The Morgan fingerprint density at radius 3 is 2.50 bits per heavy atom. The number of amides is 1. The molecule has 0 radical (unpaired) electrons.